The van der Waals surface area contributed by atoms with Crippen LogP contribution in [0.2, 0.25) is 0 Å². The predicted molar refractivity (Wildman–Crippen MR) is 121 cm³/mol. The van der Waals surface area contributed by atoms with Crippen LogP contribution in [0.3, 0.4) is 0 Å². The van der Waals surface area contributed by atoms with Gasteiger partial charge in [-0.2, -0.15) is 0 Å². The predicted octanol–water partition coefficient (Wildman–Crippen LogP) is -0.988. The lowest BCUT2D eigenvalue weighted by molar-refractivity contribution is -0.513. The van der Waals surface area contributed by atoms with Crippen LogP contribution in [0.15, 0.2) is 20.0 Å². The minimum atomic E-state index is -0.582. The van der Waals surface area contributed by atoms with Gasteiger partial charge in [-0.25, -0.2) is 19.4 Å². The fraction of sp³-hybridized carbons (Fsp3) is 0.556. The minimum absolute atomic E-state index is 0.125. The maximum atomic E-state index is 12.2. The first-order valence-electron chi connectivity index (χ1n) is 9.65. The molecule has 0 spiro atoms. The van der Waals surface area contributed by atoms with E-state index < -0.39 is 6.04 Å². The molecule has 4 aliphatic heterocycles. The van der Waals surface area contributed by atoms with Crippen LogP contribution in [0.4, 0.5) is 4.79 Å². The van der Waals surface area contributed by atoms with E-state index in [0.29, 0.717) is 23.5 Å². The highest BCUT2D eigenvalue weighted by Gasteiger charge is 2.52. The second-order valence-corrected chi connectivity index (χ2v) is 7.85. The summed E-state index contributed by atoms with van der Waals surface area (Å²) >= 11 is 4.91. The highest BCUT2D eigenvalue weighted by Crippen LogP contribution is 2.18. The first kappa shape index (κ1) is 22.6. The number of hydrogen-bond donors (Lipinski definition) is 1. The van der Waals surface area contributed by atoms with Crippen molar-refractivity contribution in [2.75, 3.05) is 48.4 Å². The molecule has 13 heteroatoms. The van der Waals surface area contributed by atoms with E-state index in [4.69, 9.17) is 17.0 Å². The average molecular weight is 449 g/mol. The topological polar surface area (TPSA) is 118 Å². The molecule has 2 unspecified atom stereocenters. The molecular weight excluding hydrogens is 422 g/mol. The molecule has 1 fully saturated rings. The molecule has 0 aromatic carbocycles. The third-order valence-electron chi connectivity index (χ3n) is 4.92. The Balaban J connectivity index is 0.000000225. The van der Waals surface area contributed by atoms with Gasteiger partial charge in [0.25, 0.3) is 17.8 Å². The molecule has 31 heavy (non-hydrogen) atoms. The van der Waals surface area contributed by atoms with Crippen molar-refractivity contribution in [3.05, 3.63) is 0 Å². The molecule has 0 bridgehead atoms. The first-order valence-corrected chi connectivity index (χ1v) is 10.1. The number of ether oxygens (including phenoxy) is 1. The van der Waals surface area contributed by atoms with Crippen molar-refractivity contribution in [2.45, 2.75) is 18.5 Å². The van der Waals surface area contributed by atoms with E-state index in [2.05, 4.69) is 30.2 Å². The Hall–Kier alpha value is -3.06. The number of aliphatic imine (C=N–C) groups is 4. The van der Waals surface area contributed by atoms with E-state index in [1.54, 1.807) is 18.7 Å². The third-order valence-corrected chi connectivity index (χ3v) is 5.24. The standard InChI is InChI=1S/C13H22N5O3.C5H4N4S/c1-15(2)7-6-8-21-12-14-10-9(16(12)3)11(19)18(5)13(20)17(10)4;10-5-3-4(7-1-6-3)8-2-9-5/h9H,6-8H2,1-5H3;1-3H,(H,6,7,8,9,10)/q+1;. The van der Waals surface area contributed by atoms with Crippen molar-refractivity contribution in [1.82, 2.24) is 20.0 Å². The van der Waals surface area contributed by atoms with Crippen molar-refractivity contribution in [3.8, 4) is 0 Å². The lowest BCUT2D eigenvalue weighted by Crippen LogP contribution is -2.61. The van der Waals surface area contributed by atoms with Crippen LogP contribution < -0.4 is 5.32 Å². The van der Waals surface area contributed by atoms with Gasteiger partial charge in [-0.3, -0.25) is 19.6 Å². The van der Waals surface area contributed by atoms with E-state index in [1.807, 2.05) is 14.1 Å². The van der Waals surface area contributed by atoms with Crippen molar-refractivity contribution >= 4 is 59.5 Å². The molecule has 166 valence electrons. The molecule has 4 heterocycles. The summed E-state index contributed by atoms with van der Waals surface area (Å²) in [5.41, 5.74) is 0. The molecule has 2 atom stereocenters. The smallest absolute Gasteiger partial charge is 0.428 e. The van der Waals surface area contributed by atoms with Crippen molar-refractivity contribution in [1.29, 1.82) is 0 Å². The Kier molecular flexibility index (Phi) is 6.85. The van der Waals surface area contributed by atoms with E-state index in [1.165, 1.54) is 24.6 Å². The molecule has 4 aliphatic rings. The lowest BCUT2D eigenvalue weighted by Gasteiger charge is -2.29. The number of nitrogens with zero attached hydrogens (tertiary/aromatic N) is 8. The number of carbonyl (C=O) groups excluding carboxylic acids is 2. The molecule has 1 saturated heterocycles. The number of fused-ring (bicyclic) bond motifs is 2. The zero-order valence-electron chi connectivity index (χ0n) is 18.1. The van der Waals surface area contributed by atoms with Crippen LogP contribution in [0.25, 0.3) is 0 Å². The summed E-state index contributed by atoms with van der Waals surface area (Å²) in [5, 5.41) is 2.86. The summed E-state index contributed by atoms with van der Waals surface area (Å²) in [6.07, 6.45) is 3.89. The number of rotatable bonds is 4. The van der Waals surface area contributed by atoms with Crippen LogP contribution >= 0.6 is 12.2 Å². The van der Waals surface area contributed by atoms with Crippen molar-refractivity contribution < 1.29 is 18.9 Å². The number of nitrogens with one attached hydrogen (secondary N) is 1. The molecular formula is C18H26N9O3S+. The normalized spacial score (nSPS) is 24.0. The van der Waals surface area contributed by atoms with Gasteiger partial charge in [0.1, 0.15) is 17.2 Å². The van der Waals surface area contributed by atoms with Crippen LogP contribution in [0, 0.1) is 0 Å². The highest BCUT2D eigenvalue weighted by atomic mass is 32.1. The number of amides is 3. The number of urea groups is 1. The van der Waals surface area contributed by atoms with Crippen LogP contribution in [0.5, 0.6) is 0 Å². The van der Waals surface area contributed by atoms with E-state index in [9.17, 15) is 9.59 Å². The maximum Gasteiger partial charge on any atom is 0.496 e. The van der Waals surface area contributed by atoms with E-state index >= 15 is 0 Å². The monoisotopic (exact) mass is 448 g/mol. The molecule has 0 aliphatic carbocycles. The summed E-state index contributed by atoms with van der Waals surface area (Å²) in [6.45, 7) is 1.43. The Bertz CT molecular complexity index is 938. The van der Waals surface area contributed by atoms with Gasteiger partial charge in [0.2, 0.25) is 0 Å². The highest BCUT2D eigenvalue weighted by molar-refractivity contribution is 7.80. The van der Waals surface area contributed by atoms with E-state index in [-0.39, 0.29) is 18.0 Å². The fourth-order valence-electron chi connectivity index (χ4n) is 3.17. The second-order valence-electron chi connectivity index (χ2n) is 7.43. The van der Waals surface area contributed by atoms with Crippen molar-refractivity contribution in [3.63, 3.8) is 0 Å². The fourth-order valence-corrected chi connectivity index (χ4v) is 3.39. The Morgan fingerprint density at radius 2 is 2.03 bits per heavy atom. The van der Waals surface area contributed by atoms with Crippen LogP contribution in [-0.2, 0) is 9.53 Å². The molecule has 3 amide bonds. The van der Waals surface area contributed by atoms with Gasteiger partial charge >= 0.3 is 12.1 Å². The molecule has 0 radical (unpaired) electrons. The first-order chi connectivity index (χ1) is 14.7. The van der Waals surface area contributed by atoms with Gasteiger partial charge in [-0.15, -0.1) is 0 Å². The molecule has 0 aromatic heterocycles. The molecule has 4 rings (SSSR count). The largest absolute Gasteiger partial charge is 0.496 e. The number of carbonyl (C=O) groups is 2. The molecule has 12 nitrogen and oxygen atoms in total. The maximum absolute atomic E-state index is 12.2. The van der Waals surface area contributed by atoms with Crippen LogP contribution in [-0.4, -0.2) is 127 Å². The minimum Gasteiger partial charge on any atom is -0.428 e. The summed E-state index contributed by atoms with van der Waals surface area (Å²) in [7, 11) is 8.83. The van der Waals surface area contributed by atoms with Gasteiger partial charge < -0.3 is 15.0 Å². The van der Waals surface area contributed by atoms with Gasteiger partial charge in [0.05, 0.1) is 20.0 Å². The number of thiocarbonyl (C=S) groups is 1. The zero-order chi connectivity index (χ0) is 22.7. The lowest BCUT2D eigenvalue weighted by atomic mass is 10.2. The van der Waals surface area contributed by atoms with E-state index in [0.717, 1.165) is 23.7 Å². The second kappa shape index (κ2) is 9.39. The average Bonchev–Trinajstić information content (AvgIpc) is 3.34. The van der Waals surface area contributed by atoms with Gasteiger partial charge in [-0.05, 0) is 20.5 Å². The Labute approximate surface area is 185 Å². The van der Waals surface area contributed by atoms with Gasteiger partial charge in [0.15, 0.2) is 6.04 Å². The zero-order valence-corrected chi connectivity index (χ0v) is 19.0. The summed E-state index contributed by atoms with van der Waals surface area (Å²) < 4.78 is 7.32. The Morgan fingerprint density at radius 1 is 1.29 bits per heavy atom. The SMILES string of the molecule is CN(C)CCCOC1=[N+](C)C2C(=O)N(C)C(=O)N(C)C2=N1.S=C1N=CNC2=NC=NC12. The Morgan fingerprint density at radius 3 is 2.71 bits per heavy atom. The number of likely N-dealkylation sites (N-methyl/N-ethyl adjacent to an activating group) is 3. The third kappa shape index (κ3) is 4.66. The summed E-state index contributed by atoms with van der Waals surface area (Å²) in [5.74, 6) is 0.916. The molecule has 1 N–H and O–H groups in total. The van der Waals surface area contributed by atoms with Crippen LogP contribution in [0.1, 0.15) is 6.42 Å². The number of imide groups is 1. The quantitative estimate of drug-likeness (QED) is 0.335. The molecule has 0 saturated carbocycles. The van der Waals surface area contributed by atoms with Gasteiger partial charge in [-0.1, -0.05) is 12.2 Å². The summed E-state index contributed by atoms with van der Waals surface area (Å²) in [6, 6.07) is -0.698. The number of amidine groups is 3. The van der Waals surface area contributed by atoms with Gasteiger partial charge in [0, 0.05) is 25.6 Å². The molecule has 0 aromatic rings. The van der Waals surface area contributed by atoms with Crippen molar-refractivity contribution in [2.24, 2.45) is 20.0 Å². The summed E-state index contributed by atoms with van der Waals surface area (Å²) in [4.78, 5) is 45.4. The number of hydrogen-bond acceptors (Lipinski definition) is 9.